The summed E-state index contributed by atoms with van der Waals surface area (Å²) in [6.45, 7) is 2.36. The number of aromatic amines is 1. The number of carbonyl (C=O) groups is 1. The molecule has 5 heteroatoms. The molecular weight excluding hydrogens is 160 g/mol. The summed E-state index contributed by atoms with van der Waals surface area (Å²) in [5.74, 6) is -0.504. The Morgan fingerprint density at radius 1 is 1.75 bits per heavy atom. The third kappa shape index (κ3) is 1.39. The standard InChI is InChI=1S/C7H10N2O3/c1-3-9-5(7(11)12-2)4-6(10)8-9/h4H,3H2,1-2H3,(H,8,10). The predicted molar refractivity (Wildman–Crippen MR) is 42.1 cm³/mol. The number of esters is 1. The highest BCUT2D eigenvalue weighted by atomic mass is 16.5. The Kier molecular flexibility index (Phi) is 2.32. The molecule has 1 rings (SSSR count). The molecule has 0 amide bonds. The summed E-state index contributed by atoms with van der Waals surface area (Å²) < 4.78 is 5.91. The van der Waals surface area contributed by atoms with Crippen molar-refractivity contribution in [3.05, 3.63) is 22.1 Å². The molecule has 0 radical (unpaired) electrons. The van der Waals surface area contributed by atoms with Gasteiger partial charge in [-0.25, -0.2) is 4.79 Å². The lowest BCUT2D eigenvalue weighted by atomic mass is 10.4. The average Bonchev–Trinajstić information content (AvgIpc) is 2.45. The Balaban J connectivity index is 3.13. The molecule has 0 saturated heterocycles. The Morgan fingerprint density at radius 3 is 2.92 bits per heavy atom. The SMILES string of the molecule is CCn1[nH]c(=O)cc1C(=O)OC. The zero-order valence-electron chi connectivity index (χ0n) is 6.96. The lowest BCUT2D eigenvalue weighted by Gasteiger charge is -2.01. The van der Waals surface area contributed by atoms with Crippen LogP contribution in [0.4, 0.5) is 0 Å². The van der Waals surface area contributed by atoms with Crippen LogP contribution in [0, 0.1) is 0 Å². The molecule has 12 heavy (non-hydrogen) atoms. The van der Waals surface area contributed by atoms with Crippen LogP contribution in [-0.4, -0.2) is 22.9 Å². The highest BCUT2D eigenvalue weighted by molar-refractivity contribution is 5.87. The lowest BCUT2D eigenvalue weighted by Crippen LogP contribution is -2.11. The van der Waals surface area contributed by atoms with E-state index in [0.29, 0.717) is 6.54 Å². The molecule has 0 saturated carbocycles. The first-order valence-corrected chi connectivity index (χ1v) is 3.57. The number of aryl methyl sites for hydroxylation is 1. The summed E-state index contributed by atoms with van der Waals surface area (Å²) in [5, 5.41) is 2.47. The molecule has 5 nitrogen and oxygen atoms in total. The zero-order valence-corrected chi connectivity index (χ0v) is 6.96. The fraction of sp³-hybridized carbons (Fsp3) is 0.429. The molecule has 1 aromatic rings. The Labute approximate surface area is 68.9 Å². The van der Waals surface area contributed by atoms with E-state index in [-0.39, 0.29) is 11.3 Å². The van der Waals surface area contributed by atoms with Crippen LogP contribution in [0.5, 0.6) is 0 Å². The maximum Gasteiger partial charge on any atom is 0.356 e. The van der Waals surface area contributed by atoms with Crippen LogP contribution in [0.15, 0.2) is 10.9 Å². The summed E-state index contributed by atoms with van der Waals surface area (Å²) in [4.78, 5) is 21.8. The number of nitrogens with zero attached hydrogens (tertiary/aromatic N) is 1. The lowest BCUT2D eigenvalue weighted by molar-refractivity contribution is 0.0587. The topological polar surface area (TPSA) is 64.1 Å². The fourth-order valence-corrected chi connectivity index (χ4v) is 0.951. The second-order valence-electron chi connectivity index (χ2n) is 2.24. The van der Waals surface area contributed by atoms with Gasteiger partial charge in [0.2, 0.25) is 0 Å². The highest BCUT2D eigenvalue weighted by Gasteiger charge is 2.11. The van der Waals surface area contributed by atoms with E-state index in [1.54, 1.807) is 0 Å². The van der Waals surface area contributed by atoms with Gasteiger partial charge in [0.1, 0.15) is 5.69 Å². The molecule has 0 aromatic carbocycles. The van der Waals surface area contributed by atoms with Crippen LogP contribution in [0.3, 0.4) is 0 Å². The Bertz CT molecular complexity index is 337. The van der Waals surface area contributed by atoms with Crippen molar-refractivity contribution in [1.29, 1.82) is 0 Å². The van der Waals surface area contributed by atoms with Gasteiger partial charge in [0.15, 0.2) is 0 Å². The third-order valence-electron chi connectivity index (χ3n) is 1.51. The van der Waals surface area contributed by atoms with Gasteiger partial charge in [-0.05, 0) is 6.92 Å². The van der Waals surface area contributed by atoms with Crippen LogP contribution in [0.2, 0.25) is 0 Å². The van der Waals surface area contributed by atoms with Gasteiger partial charge in [0, 0.05) is 12.6 Å². The highest BCUT2D eigenvalue weighted by Crippen LogP contribution is 1.96. The molecule has 0 aliphatic heterocycles. The number of ether oxygens (including phenoxy) is 1. The monoisotopic (exact) mass is 170 g/mol. The largest absolute Gasteiger partial charge is 0.464 e. The summed E-state index contributed by atoms with van der Waals surface area (Å²) in [7, 11) is 1.28. The van der Waals surface area contributed by atoms with Crippen molar-refractivity contribution in [2.24, 2.45) is 0 Å². The van der Waals surface area contributed by atoms with Gasteiger partial charge in [-0.15, -0.1) is 0 Å². The van der Waals surface area contributed by atoms with Crippen molar-refractivity contribution in [2.75, 3.05) is 7.11 Å². The summed E-state index contributed by atoms with van der Waals surface area (Å²) in [6.07, 6.45) is 0. The third-order valence-corrected chi connectivity index (χ3v) is 1.51. The van der Waals surface area contributed by atoms with Crippen molar-refractivity contribution in [3.8, 4) is 0 Å². The van der Waals surface area contributed by atoms with Crippen molar-refractivity contribution >= 4 is 5.97 Å². The van der Waals surface area contributed by atoms with Crippen molar-refractivity contribution in [1.82, 2.24) is 9.78 Å². The number of nitrogens with one attached hydrogen (secondary N) is 1. The average molecular weight is 170 g/mol. The minimum absolute atomic E-state index is 0.255. The quantitative estimate of drug-likeness (QED) is 0.634. The summed E-state index contributed by atoms with van der Waals surface area (Å²) >= 11 is 0. The van der Waals surface area contributed by atoms with Crippen LogP contribution >= 0.6 is 0 Å². The molecule has 1 aromatic heterocycles. The predicted octanol–water partition coefficient (Wildman–Crippen LogP) is -0.0171. The molecule has 0 aliphatic carbocycles. The van der Waals surface area contributed by atoms with E-state index in [1.807, 2.05) is 6.92 Å². The van der Waals surface area contributed by atoms with E-state index in [9.17, 15) is 9.59 Å². The summed E-state index contributed by atoms with van der Waals surface area (Å²) in [6, 6.07) is 1.22. The van der Waals surface area contributed by atoms with Crippen molar-refractivity contribution < 1.29 is 9.53 Å². The molecule has 1 heterocycles. The number of carbonyl (C=O) groups excluding carboxylic acids is 1. The molecule has 0 aliphatic rings. The molecule has 66 valence electrons. The van der Waals surface area contributed by atoms with Gasteiger partial charge in [-0.2, -0.15) is 0 Å². The van der Waals surface area contributed by atoms with Crippen molar-refractivity contribution in [3.63, 3.8) is 0 Å². The second-order valence-corrected chi connectivity index (χ2v) is 2.24. The molecule has 0 bridgehead atoms. The number of hydrogen-bond donors (Lipinski definition) is 1. The van der Waals surface area contributed by atoms with Crippen LogP contribution < -0.4 is 5.56 Å². The van der Waals surface area contributed by atoms with Crippen molar-refractivity contribution in [2.45, 2.75) is 13.5 Å². The minimum Gasteiger partial charge on any atom is -0.464 e. The normalized spacial score (nSPS) is 9.83. The van der Waals surface area contributed by atoms with E-state index in [2.05, 4.69) is 9.84 Å². The number of rotatable bonds is 2. The van der Waals surface area contributed by atoms with E-state index in [0.717, 1.165) is 0 Å². The molecule has 0 unspecified atom stereocenters. The fourth-order valence-electron chi connectivity index (χ4n) is 0.951. The maximum atomic E-state index is 11.0. The van der Waals surface area contributed by atoms with Gasteiger partial charge in [0.25, 0.3) is 5.56 Å². The van der Waals surface area contributed by atoms with Gasteiger partial charge >= 0.3 is 5.97 Å². The van der Waals surface area contributed by atoms with E-state index >= 15 is 0 Å². The van der Waals surface area contributed by atoms with Crippen LogP contribution in [0.1, 0.15) is 17.4 Å². The number of aromatic nitrogens is 2. The zero-order chi connectivity index (χ0) is 9.14. The second kappa shape index (κ2) is 3.25. The minimum atomic E-state index is -0.504. The van der Waals surface area contributed by atoms with E-state index < -0.39 is 5.97 Å². The van der Waals surface area contributed by atoms with Gasteiger partial charge in [-0.3, -0.25) is 14.6 Å². The number of hydrogen-bond acceptors (Lipinski definition) is 3. The van der Waals surface area contributed by atoms with Crippen LogP contribution in [0.25, 0.3) is 0 Å². The Morgan fingerprint density at radius 2 is 2.42 bits per heavy atom. The van der Waals surface area contributed by atoms with Gasteiger partial charge in [-0.1, -0.05) is 0 Å². The Hall–Kier alpha value is -1.52. The van der Waals surface area contributed by atoms with Gasteiger partial charge in [0.05, 0.1) is 7.11 Å². The molecule has 0 fully saturated rings. The maximum absolute atomic E-state index is 11.0. The summed E-state index contributed by atoms with van der Waals surface area (Å²) in [5.41, 5.74) is -0.0396. The molecule has 0 atom stereocenters. The van der Waals surface area contributed by atoms with Crippen LogP contribution in [-0.2, 0) is 11.3 Å². The van der Waals surface area contributed by atoms with E-state index in [1.165, 1.54) is 17.9 Å². The first-order valence-electron chi connectivity index (χ1n) is 3.57. The number of H-pyrrole nitrogens is 1. The number of methoxy groups -OCH3 is 1. The van der Waals surface area contributed by atoms with E-state index in [4.69, 9.17) is 0 Å². The first kappa shape index (κ1) is 8.58. The molecule has 1 N–H and O–H groups in total. The molecular formula is C7H10N2O3. The smallest absolute Gasteiger partial charge is 0.356 e. The first-order chi connectivity index (χ1) is 5.69. The van der Waals surface area contributed by atoms with Gasteiger partial charge < -0.3 is 4.74 Å². The molecule has 0 spiro atoms.